The summed E-state index contributed by atoms with van der Waals surface area (Å²) in [6.07, 6.45) is 0.953. The molecular weight excluding hydrogens is 352 g/mol. The minimum absolute atomic E-state index is 0.223. The fraction of sp³-hybridized carbons (Fsp3) is 0.389. The molecule has 0 aliphatic carbocycles. The maximum absolute atomic E-state index is 12.7. The van der Waals surface area contributed by atoms with Gasteiger partial charge in [-0.3, -0.25) is 0 Å². The highest BCUT2D eigenvalue weighted by Gasteiger charge is 2.27. The van der Waals surface area contributed by atoms with E-state index in [1.165, 1.54) is 11.3 Å². The zero-order valence-corrected chi connectivity index (χ0v) is 15.4. The minimum atomic E-state index is -0.432. The molecule has 1 saturated heterocycles. The van der Waals surface area contributed by atoms with Gasteiger partial charge in [0, 0.05) is 38.2 Å². The Morgan fingerprint density at radius 1 is 1.31 bits per heavy atom. The highest BCUT2D eigenvalue weighted by atomic mass is 32.1. The monoisotopic (exact) mass is 374 g/mol. The lowest BCUT2D eigenvalue weighted by atomic mass is 10.1. The van der Waals surface area contributed by atoms with E-state index in [-0.39, 0.29) is 6.10 Å². The number of hydrogen-bond donors (Lipinski definition) is 1. The Hall–Kier alpha value is -2.61. The normalized spacial score (nSPS) is 14.9. The number of primary amides is 1. The predicted octanol–water partition coefficient (Wildman–Crippen LogP) is 3.00. The van der Waals surface area contributed by atoms with Crippen LogP contribution in [0.2, 0.25) is 0 Å². The average Bonchev–Trinajstić information content (AvgIpc) is 3.13. The lowest BCUT2D eigenvalue weighted by Crippen LogP contribution is -2.44. The van der Waals surface area contributed by atoms with E-state index in [9.17, 15) is 9.59 Å². The molecule has 0 spiro atoms. The van der Waals surface area contributed by atoms with Gasteiger partial charge in [0.15, 0.2) is 5.69 Å². The molecule has 26 heavy (non-hydrogen) atoms. The minimum Gasteiger partial charge on any atom is -0.457 e. The molecule has 3 rings (SSSR count). The fourth-order valence-corrected chi connectivity index (χ4v) is 3.89. The van der Waals surface area contributed by atoms with E-state index < -0.39 is 12.0 Å². The number of piperidine rings is 1. The molecular formula is C18H22N4O3S. The first-order valence-corrected chi connectivity index (χ1v) is 9.49. The number of esters is 1. The Labute approximate surface area is 156 Å². The number of benzene rings is 1. The number of urea groups is 1. The molecule has 2 amide bonds. The number of ether oxygens (including phenoxy) is 1. The number of aromatic nitrogens is 1. The molecule has 0 bridgehead atoms. The number of para-hydroxylation sites is 1. The highest BCUT2D eigenvalue weighted by molar-refractivity contribution is 7.14. The summed E-state index contributed by atoms with van der Waals surface area (Å²) in [5.41, 5.74) is 8.27. The average molecular weight is 374 g/mol. The molecule has 0 saturated carbocycles. The summed E-state index contributed by atoms with van der Waals surface area (Å²) in [4.78, 5) is 31.7. The van der Waals surface area contributed by atoms with Crippen LogP contribution in [-0.2, 0) is 4.74 Å². The van der Waals surface area contributed by atoms with Crippen molar-refractivity contribution in [2.45, 2.75) is 25.9 Å². The molecule has 2 N–H and O–H groups in total. The Kier molecular flexibility index (Phi) is 5.72. The van der Waals surface area contributed by atoms with Crippen LogP contribution >= 0.6 is 11.3 Å². The van der Waals surface area contributed by atoms with Crippen LogP contribution in [0.1, 0.15) is 30.3 Å². The SMILES string of the molecule is CCN(c1ccccc1)c1scnc1C(=O)OC1CCN(C(N)=O)CC1. The lowest BCUT2D eigenvalue weighted by molar-refractivity contribution is 0.0151. The van der Waals surface area contributed by atoms with E-state index in [2.05, 4.69) is 4.98 Å². The first-order valence-electron chi connectivity index (χ1n) is 8.61. The van der Waals surface area contributed by atoms with Crippen LogP contribution in [0.5, 0.6) is 0 Å². The Balaban J connectivity index is 1.70. The van der Waals surface area contributed by atoms with Gasteiger partial charge in [-0.1, -0.05) is 18.2 Å². The number of nitrogens with two attached hydrogens (primary N) is 1. The van der Waals surface area contributed by atoms with Crippen molar-refractivity contribution in [1.29, 1.82) is 0 Å². The second kappa shape index (κ2) is 8.18. The number of thiazole rings is 1. The van der Waals surface area contributed by atoms with Crippen molar-refractivity contribution in [3.8, 4) is 0 Å². The summed E-state index contributed by atoms with van der Waals surface area (Å²) >= 11 is 1.42. The van der Waals surface area contributed by atoms with Gasteiger partial charge in [0.25, 0.3) is 0 Å². The summed E-state index contributed by atoms with van der Waals surface area (Å²) in [7, 11) is 0. The summed E-state index contributed by atoms with van der Waals surface area (Å²) in [6.45, 7) is 3.75. The second-order valence-electron chi connectivity index (χ2n) is 6.02. The van der Waals surface area contributed by atoms with Crippen LogP contribution in [0, 0.1) is 0 Å². The molecule has 2 aromatic rings. The van der Waals surface area contributed by atoms with Crippen molar-refractivity contribution in [3.05, 3.63) is 41.5 Å². The molecule has 8 heteroatoms. The molecule has 1 fully saturated rings. The van der Waals surface area contributed by atoms with Crippen molar-refractivity contribution < 1.29 is 14.3 Å². The number of nitrogens with zero attached hydrogens (tertiary/aromatic N) is 3. The van der Waals surface area contributed by atoms with Crippen LogP contribution in [0.25, 0.3) is 0 Å². The zero-order valence-electron chi connectivity index (χ0n) is 14.6. The maximum Gasteiger partial charge on any atom is 0.360 e. The molecule has 1 aromatic heterocycles. The molecule has 2 heterocycles. The van der Waals surface area contributed by atoms with Crippen LogP contribution in [0.15, 0.2) is 35.8 Å². The van der Waals surface area contributed by atoms with Crippen molar-refractivity contribution in [1.82, 2.24) is 9.88 Å². The van der Waals surface area contributed by atoms with Crippen LogP contribution in [-0.4, -0.2) is 47.6 Å². The first-order chi connectivity index (χ1) is 12.6. The molecule has 1 aliphatic rings. The maximum atomic E-state index is 12.7. The summed E-state index contributed by atoms with van der Waals surface area (Å²) in [5.74, 6) is -0.423. The number of rotatable bonds is 5. The Bertz CT molecular complexity index is 757. The van der Waals surface area contributed by atoms with Gasteiger partial charge >= 0.3 is 12.0 Å². The molecule has 1 aromatic carbocycles. The summed E-state index contributed by atoms with van der Waals surface area (Å²) < 4.78 is 5.63. The molecule has 138 valence electrons. The number of carbonyl (C=O) groups is 2. The van der Waals surface area contributed by atoms with Crippen molar-refractivity contribution in [2.24, 2.45) is 5.73 Å². The van der Waals surface area contributed by atoms with E-state index in [0.29, 0.717) is 38.2 Å². The summed E-state index contributed by atoms with van der Waals surface area (Å²) in [6, 6.07) is 9.44. The van der Waals surface area contributed by atoms with Gasteiger partial charge in [0.1, 0.15) is 11.1 Å². The number of hydrogen-bond acceptors (Lipinski definition) is 6. The van der Waals surface area contributed by atoms with Gasteiger partial charge < -0.3 is 20.3 Å². The van der Waals surface area contributed by atoms with E-state index in [1.54, 1.807) is 10.4 Å². The smallest absolute Gasteiger partial charge is 0.360 e. The van der Waals surface area contributed by atoms with Gasteiger partial charge in [0.05, 0.1) is 5.51 Å². The second-order valence-corrected chi connectivity index (χ2v) is 6.85. The van der Waals surface area contributed by atoms with E-state index in [4.69, 9.17) is 10.5 Å². The van der Waals surface area contributed by atoms with Crippen LogP contribution in [0.4, 0.5) is 15.5 Å². The van der Waals surface area contributed by atoms with Gasteiger partial charge in [-0.2, -0.15) is 0 Å². The molecule has 0 atom stereocenters. The third-order valence-electron chi connectivity index (χ3n) is 4.40. The van der Waals surface area contributed by atoms with Crippen molar-refractivity contribution in [3.63, 3.8) is 0 Å². The standard InChI is InChI=1S/C18H22N4O3S/c1-2-22(13-6-4-3-5-7-13)16-15(20-12-26-16)17(23)25-14-8-10-21(11-9-14)18(19)24/h3-7,12,14H,2,8-11H2,1H3,(H2,19,24). The lowest BCUT2D eigenvalue weighted by Gasteiger charge is -2.30. The number of carbonyl (C=O) groups excluding carboxylic acids is 2. The first kappa shape index (κ1) is 18.2. The Morgan fingerprint density at radius 2 is 2.00 bits per heavy atom. The van der Waals surface area contributed by atoms with E-state index >= 15 is 0 Å². The third-order valence-corrected chi connectivity index (χ3v) is 5.25. The zero-order chi connectivity index (χ0) is 18.5. The largest absolute Gasteiger partial charge is 0.457 e. The fourth-order valence-electron chi connectivity index (χ4n) is 3.02. The van der Waals surface area contributed by atoms with E-state index in [1.807, 2.05) is 42.2 Å². The van der Waals surface area contributed by atoms with Gasteiger partial charge in [0.2, 0.25) is 0 Å². The predicted molar refractivity (Wildman–Crippen MR) is 101 cm³/mol. The third kappa shape index (κ3) is 3.96. The quantitative estimate of drug-likeness (QED) is 0.813. The highest BCUT2D eigenvalue weighted by Crippen LogP contribution is 2.32. The number of amides is 2. The Morgan fingerprint density at radius 3 is 2.62 bits per heavy atom. The van der Waals surface area contributed by atoms with Crippen molar-refractivity contribution >= 4 is 34.0 Å². The molecule has 0 unspecified atom stereocenters. The molecule has 0 radical (unpaired) electrons. The van der Waals surface area contributed by atoms with Crippen LogP contribution < -0.4 is 10.6 Å². The number of likely N-dealkylation sites (tertiary alicyclic amines) is 1. The van der Waals surface area contributed by atoms with Gasteiger partial charge in [-0.05, 0) is 19.1 Å². The van der Waals surface area contributed by atoms with Gasteiger partial charge in [-0.25, -0.2) is 14.6 Å². The van der Waals surface area contributed by atoms with Crippen molar-refractivity contribution in [2.75, 3.05) is 24.5 Å². The van der Waals surface area contributed by atoms with E-state index in [0.717, 1.165) is 10.7 Å². The topological polar surface area (TPSA) is 88.8 Å². The van der Waals surface area contributed by atoms with Crippen LogP contribution in [0.3, 0.4) is 0 Å². The van der Waals surface area contributed by atoms with Gasteiger partial charge in [-0.15, -0.1) is 11.3 Å². The number of anilines is 2. The molecule has 7 nitrogen and oxygen atoms in total. The summed E-state index contributed by atoms with van der Waals surface area (Å²) in [5, 5.41) is 0.776. The molecule has 1 aliphatic heterocycles.